The number of carbonyl (C=O) groups is 3. The van der Waals surface area contributed by atoms with Crippen molar-refractivity contribution in [1.29, 1.82) is 0 Å². The van der Waals surface area contributed by atoms with Gasteiger partial charge in [0, 0.05) is 23.7 Å². The number of aliphatic carboxylic acids is 1. The molecule has 2 aliphatic carbocycles. The topological polar surface area (TPSA) is 95.5 Å². The molecule has 0 bridgehead atoms. The number of anilines is 1. The van der Waals surface area contributed by atoms with Crippen LogP contribution < -0.4 is 10.6 Å². The standard InChI is InChI=1S/C17H20N2O4/c1-10-7-13(10)15(21)19-12-4-2-3-11(8-12)14(20)18-9-17(5-6-17)16(22)23/h2-4,8,10,13H,5-7,9H2,1H3,(H,18,20)(H,19,21)(H,22,23). The van der Waals surface area contributed by atoms with Crippen LogP contribution in [0.2, 0.25) is 0 Å². The Labute approximate surface area is 134 Å². The Balaban J connectivity index is 1.59. The van der Waals surface area contributed by atoms with Crippen LogP contribution in [0, 0.1) is 17.3 Å². The highest BCUT2D eigenvalue weighted by atomic mass is 16.4. The van der Waals surface area contributed by atoms with Crippen molar-refractivity contribution in [3.05, 3.63) is 29.8 Å². The molecule has 0 aliphatic heterocycles. The fourth-order valence-electron chi connectivity index (χ4n) is 2.63. The molecule has 3 rings (SSSR count). The zero-order chi connectivity index (χ0) is 16.6. The molecule has 2 fully saturated rings. The zero-order valence-electron chi connectivity index (χ0n) is 13.0. The first kappa shape index (κ1) is 15.5. The third-order valence-electron chi connectivity index (χ3n) is 4.73. The first-order valence-corrected chi connectivity index (χ1v) is 7.84. The maximum absolute atomic E-state index is 12.2. The van der Waals surface area contributed by atoms with E-state index in [0.29, 0.717) is 30.0 Å². The minimum Gasteiger partial charge on any atom is -0.481 e. The number of amides is 2. The number of nitrogens with one attached hydrogen (secondary N) is 2. The number of hydrogen-bond donors (Lipinski definition) is 3. The molecule has 122 valence electrons. The second kappa shape index (κ2) is 5.68. The molecule has 3 N–H and O–H groups in total. The van der Waals surface area contributed by atoms with Gasteiger partial charge in [-0.2, -0.15) is 0 Å². The van der Waals surface area contributed by atoms with Crippen molar-refractivity contribution in [2.45, 2.75) is 26.2 Å². The molecule has 1 aromatic carbocycles. The lowest BCUT2D eigenvalue weighted by molar-refractivity contribution is -0.143. The second-order valence-electron chi connectivity index (χ2n) is 6.66. The SMILES string of the molecule is CC1CC1C(=O)Nc1cccc(C(=O)NCC2(C(=O)O)CC2)c1. The molecule has 0 spiro atoms. The van der Waals surface area contributed by atoms with Crippen molar-refractivity contribution in [2.24, 2.45) is 17.3 Å². The zero-order valence-corrected chi connectivity index (χ0v) is 13.0. The first-order valence-electron chi connectivity index (χ1n) is 7.84. The predicted molar refractivity (Wildman–Crippen MR) is 84.0 cm³/mol. The average molecular weight is 316 g/mol. The summed E-state index contributed by atoms with van der Waals surface area (Å²) in [5, 5.41) is 14.6. The van der Waals surface area contributed by atoms with E-state index < -0.39 is 11.4 Å². The molecule has 6 heteroatoms. The average Bonchev–Trinajstić information content (AvgIpc) is 3.41. The summed E-state index contributed by atoms with van der Waals surface area (Å²) in [5.74, 6) is -0.714. The predicted octanol–water partition coefficient (Wildman–Crippen LogP) is 1.88. The van der Waals surface area contributed by atoms with Crippen molar-refractivity contribution in [2.75, 3.05) is 11.9 Å². The van der Waals surface area contributed by atoms with Crippen LogP contribution in [-0.4, -0.2) is 29.4 Å². The van der Waals surface area contributed by atoms with Crippen molar-refractivity contribution < 1.29 is 19.5 Å². The molecular weight excluding hydrogens is 296 g/mol. The van der Waals surface area contributed by atoms with Gasteiger partial charge in [-0.25, -0.2) is 0 Å². The van der Waals surface area contributed by atoms with Gasteiger partial charge in [0.1, 0.15) is 0 Å². The molecule has 2 atom stereocenters. The number of carboxylic acid groups (broad SMARTS) is 1. The van der Waals surface area contributed by atoms with Crippen LogP contribution >= 0.6 is 0 Å². The van der Waals surface area contributed by atoms with Gasteiger partial charge in [-0.1, -0.05) is 13.0 Å². The quantitative estimate of drug-likeness (QED) is 0.746. The van der Waals surface area contributed by atoms with E-state index in [0.717, 1.165) is 6.42 Å². The van der Waals surface area contributed by atoms with Crippen molar-refractivity contribution in [1.82, 2.24) is 5.32 Å². The first-order chi connectivity index (χ1) is 10.9. The third kappa shape index (κ3) is 3.36. The number of carbonyl (C=O) groups excluding carboxylic acids is 2. The summed E-state index contributed by atoms with van der Waals surface area (Å²) in [6, 6.07) is 6.69. The Morgan fingerprint density at radius 1 is 1.30 bits per heavy atom. The highest BCUT2D eigenvalue weighted by Crippen LogP contribution is 2.45. The lowest BCUT2D eigenvalue weighted by Gasteiger charge is -2.12. The molecule has 0 aromatic heterocycles. The van der Waals surface area contributed by atoms with Crippen LogP contribution in [0.25, 0.3) is 0 Å². The summed E-state index contributed by atoms with van der Waals surface area (Å²) in [4.78, 5) is 35.2. The molecule has 23 heavy (non-hydrogen) atoms. The van der Waals surface area contributed by atoms with Crippen LogP contribution in [0.15, 0.2) is 24.3 Å². The lowest BCUT2D eigenvalue weighted by Crippen LogP contribution is -2.34. The molecule has 0 saturated heterocycles. The molecule has 2 saturated carbocycles. The number of rotatable bonds is 6. The van der Waals surface area contributed by atoms with Crippen LogP contribution in [0.3, 0.4) is 0 Å². The molecule has 2 unspecified atom stereocenters. The maximum Gasteiger partial charge on any atom is 0.311 e. The lowest BCUT2D eigenvalue weighted by atomic mass is 10.1. The van der Waals surface area contributed by atoms with E-state index in [1.807, 2.05) is 6.92 Å². The van der Waals surface area contributed by atoms with E-state index in [9.17, 15) is 14.4 Å². The summed E-state index contributed by atoms with van der Waals surface area (Å²) in [6.07, 6.45) is 2.10. The molecule has 0 radical (unpaired) electrons. The monoisotopic (exact) mass is 316 g/mol. The smallest absolute Gasteiger partial charge is 0.311 e. The number of hydrogen-bond acceptors (Lipinski definition) is 3. The van der Waals surface area contributed by atoms with E-state index in [4.69, 9.17) is 5.11 Å². The fourth-order valence-corrected chi connectivity index (χ4v) is 2.63. The minimum absolute atomic E-state index is 0.0159. The fraction of sp³-hybridized carbons (Fsp3) is 0.471. The Hall–Kier alpha value is -2.37. The van der Waals surface area contributed by atoms with Crippen LogP contribution in [-0.2, 0) is 9.59 Å². The van der Waals surface area contributed by atoms with Crippen molar-refractivity contribution >= 4 is 23.5 Å². The Kier molecular flexibility index (Phi) is 3.83. The van der Waals surface area contributed by atoms with Gasteiger partial charge < -0.3 is 15.7 Å². The normalized spacial score (nSPS) is 23.7. The van der Waals surface area contributed by atoms with Gasteiger partial charge in [0.2, 0.25) is 5.91 Å². The van der Waals surface area contributed by atoms with E-state index in [1.165, 1.54) is 0 Å². The molecule has 0 heterocycles. The molecule has 2 aliphatic rings. The van der Waals surface area contributed by atoms with Gasteiger partial charge in [0.25, 0.3) is 5.91 Å². The van der Waals surface area contributed by atoms with Crippen molar-refractivity contribution in [3.63, 3.8) is 0 Å². The highest BCUT2D eigenvalue weighted by Gasteiger charge is 2.50. The summed E-state index contributed by atoms with van der Waals surface area (Å²) in [6.45, 7) is 2.17. The Bertz CT molecular complexity index is 666. The Morgan fingerprint density at radius 3 is 2.57 bits per heavy atom. The molecule has 2 amide bonds. The molecular formula is C17H20N2O4. The summed E-state index contributed by atoms with van der Waals surface area (Å²) >= 11 is 0. The minimum atomic E-state index is -0.864. The molecule has 6 nitrogen and oxygen atoms in total. The van der Waals surface area contributed by atoms with Crippen LogP contribution in [0.5, 0.6) is 0 Å². The highest BCUT2D eigenvalue weighted by molar-refractivity contribution is 5.98. The van der Waals surface area contributed by atoms with Gasteiger partial charge >= 0.3 is 5.97 Å². The van der Waals surface area contributed by atoms with Gasteiger partial charge in [0.05, 0.1) is 5.41 Å². The van der Waals surface area contributed by atoms with Crippen LogP contribution in [0.1, 0.15) is 36.5 Å². The maximum atomic E-state index is 12.2. The number of benzene rings is 1. The Morgan fingerprint density at radius 2 is 2.00 bits per heavy atom. The summed E-state index contributed by atoms with van der Waals surface area (Å²) in [5.41, 5.74) is 0.206. The van der Waals surface area contributed by atoms with Crippen molar-refractivity contribution in [3.8, 4) is 0 Å². The number of carboxylic acids is 1. The van der Waals surface area contributed by atoms with E-state index >= 15 is 0 Å². The largest absolute Gasteiger partial charge is 0.481 e. The van der Waals surface area contributed by atoms with E-state index in [-0.39, 0.29) is 24.3 Å². The van der Waals surface area contributed by atoms with Gasteiger partial charge in [-0.15, -0.1) is 0 Å². The second-order valence-corrected chi connectivity index (χ2v) is 6.66. The van der Waals surface area contributed by atoms with Gasteiger partial charge in [0.15, 0.2) is 0 Å². The third-order valence-corrected chi connectivity index (χ3v) is 4.73. The van der Waals surface area contributed by atoms with E-state index in [1.54, 1.807) is 24.3 Å². The molecule has 1 aromatic rings. The van der Waals surface area contributed by atoms with Crippen LogP contribution in [0.4, 0.5) is 5.69 Å². The van der Waals surface area contributed by atoms with Gasteiger partial charge in [-0.05, 0) is 43.4 Å². The van der Waals surface area contributed by atoms with Gasteiger partial charge in [-0.3, -0.25) is 14.4 Å². The van der Waals surface area contributed by atoms with E-state index in [2.05, 4.69) is 10.6 Å². The summed E-state index contributed by atoms with van der Waals surface area (Å²) < 4.78 is 0. The summed E-state index contributed by atoms with van der Waals surface area (Å²) in [7, 11) is 0.